The van der Waals surface area contributed by atoms with E-state index in [0.717, 1.165) is 11.6 Å². The van der Waals surface area contributed by atoms with Crippen molar-refractivity contribution in [2.45, 2.75) is 31.5 Å². The highest BCUT2D eigenvalue weighted by Crippen LogP contribution is 2.32. The van der Waals surface area contributed by atoms with E-state index in [1.807, 2.05) is 0 Å². The second-order valence-corrected chi connectivity index (χ2v) is 6.46. The highest BCUT2D eigenvalue weighted by molar-refractivity contribution is 6.30. The Hall–Kier alpha value is -2.54. The van der Waals surface area contributed by atoms with E-state index in [9.17, 15) is 22.8 Å². The van der Waals surface area contributed by atoms with Gasteiger partial charge in [0.05, 0.1) is 18.4 Å². The van der Waals surface area contributed by atoms with Crippen LogP contribution in [0.2, 0.25) is 5.02 Å². The molecule has 27 heavy (non-hydrogen) atoms. The summed E-state index contributed by atoms with van der Waals surface area (Å²) in [5.74, 6) is -1.79. The number of rotatable bonds is 7. The molecule has 0 saturated heterocycles. The zero-order valence-corrected chi connectivity index (χ0v) is 14.8. The van der Waals surface area contributed by atoms with Gasteiger partial charge in [0, 0.05) is 11.1 Å². The number of carbonyl (C=O) groups is 2. The Kier molecular flexibility index (Phi) is 6.85. The Morgan fingerprint density at radius 3 is 2.30 bits per heavy atom. The number of aliphatic carboxylic acids is 1. The molecule has 0 fully saturated rings. The lowest BCUT2D eigenvalue weighted by atomic mass is 10.0. The van der Waals surface area contributed by atoms with Crippen LogP contribution in [0, 0.1) is 0 Å². The number of halogens is 4. The van der Waals surface area contributed by atoms with Crippen molar-refractivity contribution in [1.82, 2.24) is 5.32 Å². The molecule has 2 N–H and O–H groups in total. The van der Waals surface area contributed by atoms with Crippen molar-refractivity contribution in [3.8, 4) is 0 Å². The minimum Gasteiger partial charge on any atom is -0.481 e. The molecular formula is C19H17ClF3NO3. The molecular weight excluding hydrogens is 383 g/mol. The molecule has 144 valence electrons. The molecule has 0 aliphatic carbocycles. The Balaban J connectivity index is 2.10. The van der Waals surface area contributed by atoms with Gasteiger partial charge in [-0.05, 0) is 35.7 Å². The number of carboxylic acid groups (broad SMARTS) is 1. The minimum atomic E-state index is -4.57. The largest absolute Gasteiger partial charge is 0.481 e. The van der Waals surface area contributed by atoms with E-state index in [1.165, 1.54) is 18.2 Å². The number of alkyl halides is 3. The lowest BCUT2D eigenvalue weighted by molar-refractivity contribution is -0.138. The van der Waals surface area contributed by atoms with E-state index in [1.54, 1.807) is 24.3 Å². The molecule has 2 rings (SSSR count). The predicted molar refractivity (Wildman–Crippen MR) is 94.5 cm³/mol. The van der Waals surface area contributed by atoms with Gasteiger partial charge in [0.2, 0.25) is 5.91 Å². The van der Waals surface area contributed by atoms with Crippen molar-refractivity contribution in [3.63, 3.8) is 0 Å². The summed E-state index contributed by atoms with van der Waals surface area (Å²) in [6, 6.07) is 10.7. The van der Waals surface area contributed by atoms with Crippen LogP contribution >= 0.6 is 11.6 Å². The minimum absolute atomic E-state index is 0.164. The van der Waals surface area contributed by atoms with Gasteiger partial charge in [0.25, 0.3) is 0 Å². The summed E-state index contributed by atoms with van der Waals surface area (Å²) in [6.45, 7) is 0. The first-order chi connectivity index (χ1) is 12.6. The van der Waals surface area contributed by atoms with Crippen molar-refractivity contribution >= 4 is 23.5 Å². The first-order valence-corrected chi connectivity index (χ1v) is 8.43. The highest BCUT2D eigenvalue weighted by Gasteiger charge is 2.33. The Morgan fingerprint density at radius 1 is 1.07 bits per heavy atom. The standard InChI is InChI=1S/C19H17ClF3NO3/c20-14-7-5-12(6-8-14)9-15(11-18(26)27)24-17(25)10-13-3-1-2-4-16(13)19(21,22)23/h1-8,15H,9-11H2,(H,24,25)(H,26,27). The number of hydrogen-bond donors (Lipinski definition) is 2. The molecule has 2 aromatic rings. The van der Waals surface area contributed by atoms with Crippen LogP contribution in [0.5, 0.6) is 0 Å². The van der Waals surface area contributed by atoms with E-state index in [-0.39, 0.29) is 18.4 Å². The van der Waals surface area contributed by atoms with Crippen LogP contribution in [-0.2, 0) is 28.6 Å². The molecule has 0 radical (unpaired) electrons. The van der Waals surface area contributed by atoms with Crippen LogP contribution in [0.4, 0.5) is 13.2 Å². The van der Waals surface area contributed by atoms with Crippen molar-refractivity contribution < 1.29 is 27.9 Å². The molecule has 0 saturated carbocycles. The zero-order valence-electron chi connectivity index (χ0n) is 14.1. The van der Waals surface area contributed by atoms with Crippen molar-refractivity contribution in [1.29, 1.82) is 0 Å². The van der Waals surface area contributed by atoms with E-state index >= 15 is 0 Å². The van der Waals surface area contributed by atoms with Crippen LogP contribution in [0.3, 0.4) is 0 Å². The van der Waals surface area contributed by atoms with E-state index < -0.39 is 36.1 Å². The molecule has 0 aliphatic heterocycles. The molecule has 4 nitrogen and oxygen atoms in total. The quantitative estimate of drug-likeness (QED) is 0.736. The van der Waals surface area contributed by atoms with Crippen LogP contribution in [0.15, 0.2) is 48.5 Å². The fourth-order valence-electron chi connectivity index (χ4n) is 2.69. The Morgan fingerprint density at radius 2 is 1.70 bits per heavy atom. The summed E-state index contributed by atoms with van der Waals surface area (Å²) in [5.41, 5.74) is -0.294. The first-order valence-electron chi connectivity index (χ1n) is 8.06. The number of carbonyl (C=O) groups excluding carboxylic acids is 1. The Bertz CT molecular complexity index is 807. The average molecular weight is 400 g/mol. The summed E-state index contributed by atoms with van der Waals surface area (Å²) in [5, 5.41) is 12.1. The number of benzene rings is 2. The van der Waals surface area contributed by atoms with E-state index in [2.05, 4.69) is 5.32 Å². The summed E-state index contributed by atoms with van der Waals surface area (Å²) < 4.78 is 39.1. The van der Waals surface area contributed by atoms with E-state index in [0.29, 0.717) is 5.02 Å². The van der Waals surface area contributed by atoms with Crippen molar-refractivity contribution in [2.75, 3.05) is 0 Å². The molecule has 0 spiro atoms. The van der Waals surface area contributed by atoms with Crippen LogP contribution < -0.4 is 5.32 Å². The van der Waals surface area contributed by atoms with Crippen molar-refractivity contribution in [2.24, 2.45) is 0 Å². The summed E-state index contributed by atoms with van der Waals surface area (Å²) >= 11 is 5.80. The fraction of sp³-hybridized carbons (Fsp3) is 0.263. The summed E-state index contributed by atoms with van der Waals surface area (Å²) in [6.07, 6.45) is -5.20. The number of amides is 1. The van der Waals surface area contributed by atoms with Crippen LogP contribution in [0.1, 0.15) is 23.1 Å². The fourth-order valence-corrected chi connectivity index (χ4v) is 2.82. The maximum absolute atomic E-state index is 13.0. The second-order valence-electron chi connectivity index (χ2n) is 6.02. The normalized spacial score (nSPS) is 12.4. The number of nitrogens with one attached hydrogen (secondary N) is 1. The van der Waals surface area contributed by atoms with Crippen LogP contribution in [0.25, 0.3) is 0 Å². The molecule has 8 heteroatoms. The van der Waals surface area contributed by atoms with Crippen LogP contribution in [-0.4, -0.2) is 23.0 Å². The predicted octanol–water partition coefficient (Wildman–Crippen LogP) is 4.10. The van der Waals surface area contributed by atoms with E-state index in [4.69, 9.17) is 16.7 Å². The zero-order chi connectivity index (χ0) is 20.0. The average Bonchev–Trinajstić information content (AvgIpc) is 2.55. The Labute approximate surface area is 159 Å². The lowest BCUT2D eigenvalue weighted by Crippen LogP contribution is -2.39. The molecule has 0 heterocycles. The summed E-state index contributed by atoms with van der Waals surface area (Å²) in [4.78, 5) is 23.3. The van der Waals surface area contributed by atoms with Gasteiger partial charge >= 0.3 is 12.1 Å². The molecule has 1 atom stereocenters. The van der Waals surface area contributed by atoms with Gasteiger partial charge in [-0.15, -0.1) is 0 Å². The molecule has 0 bridgehead atoms. The van der Waals surface area contributed by atoms with Gasteiger partial charge < -0.3 is 10.4 Å². The molecule has 1 unspecified atom stereocenters. The molecule has 1 amide bonds. The van der Waals surface area contributed by atoms with Gasteiger partial charge in [-0.25, -0.2) is 0 Å². The number of hydrogen-bond acceptors (Lipinski definition) is 2. The third-order valence-corrected chi connectivity index (χ3v) is 4.11. The van der Waals surface area contributed by atoms with Gasteiger partial charge in [-0.3, -0.25) is 9.59 Å². The first kappa shape index (κ1) is 20.8. The smallest absolute Gasteiger partial charge is 0.416 e. The molecule has 0 aliphatic rings. The molecule has 0 aromatic heterocycles. The maximum Gasteiger partial charge on any atom is 0.416 e. The monoisotopic (exact) mass is 399 g/mol. The number of carboxylic acids is 1. The second kappa shape index (κ2) is 8.90. The van der Waals surface area contributed by atoms with Gasteiger partial charge in [0.15, 0.2) is 0 Å². The van der Waals surface area contributed by atoms with Gasteiger partial charge in [0.1, 0.15) is 0 Å². The highest BCUT2D eigenvalue weighted by atomic mass is 35.5. The van der Waals surface area contributed by atoms with Gasteiger partial charge in [-0.2, -0.15) is 13.2 Å². The lowest BCUT2D eigenvalue weighted by Gasteiger charge is -2.18. The third kappa shape index (κ3) is 6.60. The van der Waals surface area contributed by atoms with Crippen molar-refractivity contribution in [3.05, 3.63) is 70.2 Å². The third-order valence-electron chi connectivity index (χ3n) is 3.86. The molecule has 2 aromatic carbocycles. The summed E-state index contributed by atoms with van der Waals surface area (Å²) in [7, 11) is 0. The SMILES string of the molecule is O=C(O)CC(Cc1ccc(Cl)cc1)NC(=O)Cc1ccccc1C(F)(F)F. The van der Waals surface area contributed by atoms with Gasteiger partial charge in [-0.1, -0.05) is 41.9 Å². The topological polar surface area (TPSA) is 66.4 Å². The maximum atomic E-state index is 13.0.